The van der Waals surface area contributed by atoms with Crippen molar-refractivity contribution < 1.29 is 23.6 Å². The molecule has 0 unspecified atom stereocenters. The number of rotatable bonds is 4. The van der Waals surface area contributed by atoms with Crippen molar-refractivity contribution in [3.8, 4) is 0 Å². The van der Waals surface area contributed by atoms with E-state index < -0.39 is 40.4 Å². The summed E-state index contributed by atoms with van der Waals surface area (Å²) in [6, 6.07) is 2.54. The van der Waals surface area contributed by atoms with Crippen LogP contribution in [0.4, 0.5) is 10.1 Å². The van der Waals surface area contributed by atoms with Crippen LogP contribution in [0, 0.1) is 15.9 Å². The third-order valence-electron chi connectivity index (χ3n) is 2.03. The maximum atomic E-state index is 13.3. The van der Waals surface area contributed by atoms with E-state index in [9.17, 15) is 24.1 Å². The van der Waals surface area contributed by atoms with Gasteiger partial charge in [0.2, 0.25) is 0 Å². The van der Waals surface area contributed by atoms with Gasteiger partial charge in [0.25, 0.3) is 11.6 Å². The molecule has 1 aromatic rings. The van der Waals surface area contributed by atoms with Crippen LogP contribution in [0.15, 0.2) is 18.2 Å². The van der Waals surface area contributed by atoms with Gasteiger partial charge in [0, 0.05) is 12.1 Å². The molecule has 1 rings (SSSR count). The van der Waals surface area contributed by atoms with E-state index in [0.29, 0.717) is 0 Å². The first-order valence-corrected chi connectivity index (χ1v) is 4.74. The van der Waals surface area contributed by atoms with Crippen LogP contribution < -0.4 is 5.32 Å². The minimum atomic E-state index is -0.929. The molecule has 0 saturated carbocycles. The highest BCUT2D eigenvalue weighted by Crippen LogP contribution is 2.16. The molecule has 0 aliphatic heterocycles. The Morgan fingerprint density at radius 1 is 1.50 bits per heavy atom. The van der Waals surface area contributed by atoms with Gasteiger partial charge in [0.15, 0.2) is 0 Å². The second kappa shape index (κ2) is 5.71. The van der Waals surface area contributed by atoms with Gasteiger partial charge in [-0.25, -0.2) is 4.39 Å². The van der Waals surface area contributed by atoms with Crippen LogP contribution >= 0.6 is 0 Å². The minimum absolute atomic E-state index is 0.417. The van der Waals surface area contributed by atoms with Gasteiger partial charge in [0.1, 0.15) is 12.4 Å². The maximum absolute atomic E-state index is 13.3. The first-order chi connectivity index (χ1) is 8.45. The average molecular weight is 256 g/mol. The second-order valence-electron chi connectivity index (χ2n) is 3.18. The Morgan fingerprint density at radius 3 is 2.72 bits per heavy atom. The maximum Gasteiger partial charge on any atom is 0.325 e. The van der Waals surface area contributed by atoms with E-state index in [-0.39, 0.29) is 0 Å². The lowest BCUT2D eigenvalue weighted by atomic mass is 10.1. The van der Waals surface area contributed by atoms with E-state index in [1.54, 1.807) is 0 Å². The number of amides is 1. The van der Waals surface area contributed by atoms with Crippen molar-refractivity contribution in [2.75, 3.05) is 13.7 Å². The molecule has 0 fully saturated rings. The number of carbonyl (C=O) groups is 2. The van der Waals surface area contributed by atoms with Crippen LogP contribution in [0.5, 0.6) is 0 Å². The molecule has 0 atom stereocenters. The molecule has 1 aromatic carbocycles. The molecule has 0 bridgehead atoms. The predicted octanol–water partition coefficient (Wildman–Crippen LogP) is 0.637. The van der Waals surface area contributed by atoms with Gasteiger partial charge in [-0.1, -0.05) is 0 Å². The van der Waals surface area contributed by atoms with Crippen molar-refractivity contribution in [2.45, 2.75) is 0 Å². The lowest BCUT2D eigenvalue weighted by molar-refractivity contribution is -0.384. The lowest BCUT2D eigenvalue weighted by Gasteiger charge is -2.04. The Hall–Kier alpha value is -2.51. The van der Waals surface area contributed by atoms with Gasteiger partial charge in [-0.15, -0.1) is 0 Å². The summed E-state index contributed by atoms with van der Waals surface area (Å²) in [6.07, 6.45) is 0. The zero-order valence-corrected chi connectivity index (χ0v) is 9.31. The van der Waals surface area contributed by atoms with Gasteiger partial charge >= 0.3 is 5.97 Å². The number of carbonyl (C=O) groups excluding carboxylic acids is 2. The van der Waals surface area contributed by atoms with Crippen LogP contribution in [-0.2, 0) is 9.53 Å². The Morgan fingerprint density at radius 2 is 2.17 bits per heavy atom. The Balaban J connectivity index is 2.87. The summed E-state index contributed by atoms with van der Waals surface area (Å²) in [6.45, 7) is -0.447. The van der Waals surface area contributed by atoms with E-state index >= 15 is 0 Å². The molecule has 0 radical (unpaired) electrons. The number of halogens is 1. The van der Waals surface area contributed by atoms with Crippen LogP contribution in [0.3, 0.4) is 0 Å². The zero-order valence-electron chi connectivity index (χ0n) is 9.31. The smallest absolute Gasteiger partial charge is 0.325 e. The molecular weight excluding hydrogens is 247 g/mol. The number of esters is 1. The molecule has 18 heavy (non-hydrogen) atoms. The summed E-state index contributed by atoms with van der Waals surface area (Å²) in [5, 5.41) is 12.6. The molecule has 0 aliphatic carbocycles. The molecule has 7 nitrogen and oxygen atoms in total. The summed E-state index contributed by atoms with van der Waals surface area (Å²) < 4.78 is 17.6. The van der Waals surface area contributed by atoms with Crippen LogP contribution in [0.2, 0.25) is 0 Å². The number of nitro groups is 1. The third-order valence-corrected chi connectivity index (χ3v) is 2.03. The summed E-state index contributed by atoms with van der Waals surface area (Å²) in [5.74, 6) is -2.56. The fourth-order valence-corrected chi connectivity index (χ4v) is 1.12. The largest absolute Gasteiger partial charge is 0.468 e. The van der Waals surface area contributed by atoms with Crippen molar-refractivity contribution in [3.05, 3.63) is 39.7 Å². The summed E-state index contributed by atoms with van der Waals surface area (Å²) >= 11 is 0. The number of nitro benzene ring substituents is 1. The molecule has 96 valence electrons. The van der Waals surface area contributed by atoms with Crippen LogP contribution in [-0.4, -0.2) is 30.5 Å². The van der Waals surface area contributed by atoms with Gasteiger partial charge < -0.3 is 10.1 Å². The standard InChI is InChI=1S/C10H9FN2O5/c1-18-9(14)5-12-10(15)7-4-6(13(16)17)2-3-8(7)11/h2-4H,5H2,1H3,(H,12,15). The normalized spacial score (nSPS) is 9.67. The SMILES string of the molecule is COC(=O)CNC(=O)c1cc([N+](=O)[O-])ccc1F. The van der Waals surface area contributed by atoms with Gasteiger partial charge in [-0.3, -0.25) is 19.7 Å². The predicted molar refractivity (Wildman–Crippen MR) is 57.4 cm³/mol. The van der Waals surface area contributed by atoms with Gasteiger partial charge in [-0.05, 0) is 6.07 Å². The lowest BCUT2D eigenvalue weighted by Crippen LogP contribution is -2.30. The number of benzene rings is 1. The van der Waals surface area contributed by atoms with Crippen molar-refractivity contribution >= 4 is 17.6 Å². The highest BCUT2D eigenvalue weighted by molar-refractivity contribution is 5.96. The molecule has 0 aromatic heterocycles. The first kappa shape index (κ1) is 13.6. The average Bonchev–Trinajstić information content (AvgIpc) is 2.35. The second-order valence-corrected chi connectivity index (χ2v) is 3.18. The van der Waals surface area contributed by atoms with Gasteiger partial charge in [0.05, 0.1) is 17.6 Å². The van der Waals surface area contributed by atoms with Crippen LogP contribution in [0.25, 0.3) is 0 Å². The fraction of sp³-hybridized carbons (Fsp3) is 0.200. The van der Waals surface area contributed by atoms with Crippen molar-refractivity contribution in [3.63, 3.8) is 0 Å². The number of methoxy groups -OCH3 is 1. The highest BCUT2D eigenvalue weighted by Gasteiger charge is 2.17. The Kier molecular flexibility index (Phi) is 4.30. The molecule has 0 aliphatic rings. The van der Waals surface area contributed by atoms with Crippen LogP contribution in [0.1, 0.15) is 10.4 Å². The molecule has 0 saturated heterocycles. The molecule has 8 heteroatoms. The van der Waals surface area contributed by atoms with Gasteiger partial charge in [-0.2, -0.15) is 0 Å². The van der Waals surface area contributed by atoms with Crippen molar-refractivity contribution in [1.29, 1.82) is 0 Å². The fourth-order valence-electron chi connectivity index (χ4n) is 1.12. The summed E-state index contributed by atoms with van der Waals surface area (Å²) in [5.41, 5.74) is -0.923. The van der Waals surface area contributed by atoms with Crippen molar-refractivity contribution in [2.24, 2.45) is 0 Å². The molecular formula is C10H9FN2O5. The zero-order chi connectivity index (χ0) is 13.7. The van der Waals surface area contributed by atoms with E-state index in [1.165, 1.54) is 0 Å². The number of non-ortho nitro benzene ring substituents is 1. The Bertz CT molecular complexity index is 503. The monoisotopic (exact) mass is 256 g/mol. The highest BCUT2D eigenvalue weighted by atomic mass is 19.1. The molecule has 1 amide bonds. The summed E-state index contributed by atoms with van der Waals surface area (Å²) in [7, 11) is 1.13. The minimum Gasteiger partial charge on any atom is -0.468 e. The number of nitrogens with zero attached hydrogens (tertiary/aromatic N) is 1. The molecule has 0 spiro atoms. The van der Waals surface area contributed by atoms with E-state index in [2.05, 4.69) is 10.1 Å². The number of ether oxygens (including phenoxy) is 1. The van der Waals surface area contributed by atoms with E-state index in [0.717, 1.165) is 25.3 Å². The molecule has 1 N–H and O–H groups in total. The Labute approximate surface area is 101 Å². The molecule has 0 heterocycles. The van der Waals surface area contributed by atoms with E-state index in [4.69, 9.17) is 0 Å². The number of hydrogen-bond acceptors (Lipinski definition) is 5. The van der Waals surface area contributed by atoms with E-state index in [1.807, 2.05) is 0 Å². The third kappa shape index (κ3) is 3.24. The number of hydrogen-bond donors (Lipinski definition) is 1. The first-order valence-electron chi connectivity index (χ1n) is 4.74. The topological polar surface area (TPSA) is 98.5 Å². The number of nitrogens with one attached hydrogen (secondary N) is 1. The van der Waals surface area contributed by atoms with Crippen molar-refractivity contribution in [1.82, 2.24) is 5.32 Å². The summed E-state index contributed by atoms with van der Waals surface area (Å²) in [4.78, 5) is 32.0. The quantitative estimate of drug-likeness (QED) is 0.484.